The van der Waals surface area contributed by atoms with E-state index in [1.54, 1.807) is 11.5 Å². The van der Waals surface area contributed by atoms with Crippen molar-refractivity contribution in [2.75, 3.05) is 0 Å². The van der Waals surface area contributed by atoms with Crippen LogP contribution < -0.4 is 4.74 Å². The summed E-state index contributed by atoms with van der Waals surface area (Å²) in [7, 11) is 0. The molecule has 2 nitrogen and oxygen atoms in total. The van der Waals surface area contributed by atoms with E-state index in [2.05, 4.69) is 71.0 Å². The van der Waals surface area contributed by atoms with Crippen molar-refractivity contribution in [3.05, 3.63) is 69.6 Å². The number of hydrogen-bond donors (Lipinski definition) is 0. The molecule has 136 valence electrons. The molecule has 0 aliphatic heterocycles. The zero-order chi connectivity index (χ0) is 18.7. The number of hydrogen-bond acceptors (Lipinski definition) is 3. The Hall–Kier alpha value is -2.13. The molecule has 0 amide bonds. The minimum atomic E-state index is 0.438. The van der Waals surface area contributed by atoms with Gasteiger partial charge in [0.15, 0.2) is 0 Å². The highest BCUT2D eigenvalue weighted by atomic mass is 32.1. The minimum absolute atomic E-state index is 0.438. The molecule has 0 saturated carbocycles. The second-order valence-electron chi connectivity index (χ2n) is 7.07. The highest BCUT2D eigenvalue weighted by Crippen LogP contribution is 2.34. The van der Waals surface area contributed by atoms with E-state index in [1.165, 1.54) is 32.7 Å². The van der Waals surface area contributed by atoms with E-state index >= 15 is 0 Å². The van der Waals surface area contributed by atoms with Crippen LogP contribution >= 0.6 is 11.5 Å². The van der Waals surface area contributed by atoms with Crippen LogP contribution in [0.15, 0.2) is 42.5 Å². The molecule has 1 heterocycles. The Kier molecular flexibility index (Phi) is 5.77. The SMILES string of the molecule is CCc1ccc(-c2nsc(C(C)C)c2COc2cccc(C)c2C)cc1. The van der Waals surface area contributed by atoms with Crippen molar-refractivity contribution < 1.29 is 4.74 Å². The molecule has 3 heteroatoms. The molecule has 0 unspecified atom stereocenters. The maximum atomic E-state index is 6.23. The fraction of sp³-hybridized carbons (Fsp3) is 0.348. The van der Waals surface area contributed by atoms with Crippen LogP contribution in [0.4, 0.5) is 0 Å². The Morgan fingerprint density at radius 2 is 1.77 bits per heavy atom. The van der Waals surface area contributed by atoms with Crippen LogP contribution in [0, 0.1) is 13.8 Å². The predicted octanol–water partition coefficient (Wildman–Crippen LogP) is 6.69. The van der Waals surface area contributed by atoms with Crippen LogP contribution in [-0.4, -0.2) is 4.37 Å². The quantitative estimate of drug-likeness (QED) is 0.485. The summed E-state index contributed by atoms with van der Waals surface area (Å²) in [5.41, 5.74) is 7.26. The summed E-state index contributed by atoms with van der Waals surface area (Å²) < 4.78 is 11.0. The van der Waals surface area contributed by atoms with Gasteiger partial charge < -0.3 is 4.74 Å². The number of aryl methyl sites for hydroxylation is 2. The number of aromatic nitrogens is 1. The summed E-state index contributed by atoms with van der Waals surface area (Å²) in [6.07, 6.45) is 1.05. The van der Waals surface area contributed by atoms with Crippen LogP contribution in [0.5, 0.6) is 5.75 Å². The Balaban J connectivity index is 1.93. The predicted molar refractivity (Wildman–Crippen MR) is 111 cm³/mol. The van der Waals surface area contributed by atoms with Crippen molar-refractivity contribution in [2.24, 2.45) is 0 Å². The first-order valence-electron chi connectivity index (χ1n) is 9.28. The number of nitrogens with zero attached hydrogens (tertiary/aromatic N) is 1. The maximum Gasteiger partial charge on any atom is 0.122 e. The van der Waals surface area contributed by atoms with E-state index in [4.69, 9.17) is 9.11 Å². The fourth-order valence-corrected chi connectivity index (χ4v) is 3.95. The van der Waals surface area contributed by atoms with Gasteiger partial charge in [0.2, 0.25) is 0 Å². The second kappa shape index (κ2) is 8.05. The fourth-order valence-electron chi connectivity index (χ4n) is 3.07. The molecule has 26 heavy (non-hydrogen) atoms. The third kappa shape index (κ3) is 3.83. The lowest BCUT2D eigenvalue weighted by atomic mass is 10.0. The zero-order valence-corrected chi connectivity index (χ0v) is 17.1. The number of rotatable bonds is 6. The summed E-state index contributed by atoms with van der Waals surface area (Å²) >= 11 is 1.60. The van der Waals surface area contributed by atoms with E-state index in [1.807, 2.05) is 6.07 Å². The van der Waals surface area contributed by atoms with Gasteiger partial charge in [0.05, 0.1) is 5.69 Å². The van der Waals surface area contributed by atoms with Gasteiger partial charge in [-0.2, -0.15) is 4.37 Å². The monoisotopic (exact) mass is 365 g/mol. The van der Waals surface area contributed by atoms with E-state index in [-0.39, 0.29) is 0 Å². The van der Waals surface area contributed by atoms with Gasteiger partial charge in [-0.1, -0.05) is 57.2 Å². The summed E-state index contributed by atoms with van der Waals surface area (Å²) in [6.45, 7) is 11.4. The first-order valence-corrected chi connectivity index (χ1v) is 10.0. The highest BCUT2D eigenvalue weighted by molar-refractivity contribution is 7.06. The van der Waals surface area contributed by atoms with Crippen molar-refractivity contribution in [3.63, 3.8) is 0 Å². The lowest BCUT2D eigenvalue weighted by Gasteiger charge is -2.13. The first-order chi connectivity index (χ1) is 12.5. The van der Waals surface area contributed by atoms with E-state index in [9.17, 15) is 0 Å². The standard InChI is InChI=1S/C23H27NOS/c1-6-18-10-12-19(13-11-18)22-20(23(15(2)3)26-24-22)14-25-21-9-7-8-16(4)17(21)5/h7-13,15H,6,14H2,1-5H3. The summed E-state index contributed by atoms with van der Waals surface area (Å²) in [6, 6.07) is 15.0. The molecule has 0 aliphatic rings. The molecular formula is C23H27NOS. The molecule has 0 aliphatic carbocycles. The molecule has 0 atom stereocenters. The second-order valence-corrected chi connectivity index (χ2v) is 7.87. The Morgan fingerprint density at radius 3 is 2.42 bits per heavy atom. The Morgan fingerprint density at radius 1 is 1.04 bits per heavy atom. The number of benzene rings is 2. The van der Waals surface area contributed by atoms with Crippen LogP contribution in [0.1, 0.15) is 53.8 Å². The first kappa shape index (κ1) is 18.7. The Labute approximate surface area is 161 Å². The summed E-state index contributed by atoms with van der Waals surface area (Å²) in [5.74, 6) is 1.39. The van der Waals surface area contributed by atoms with Gasteiger partial charge in [0, 0.05) is 16.0 Å². The Bertz CT molecular complexity index is 878. The van der Waals surface area contributed by atoms with Crippen LogP contribution in [0.25, 0.3) is 11.3 Å². The molecule has 0 radical (unpaired) electrons. The average Bonchev–Trinajstić information content (AvgIpc) is 3.07. The van der Waals surface area contributed by atoms with Gasteiger partial charge in [-0.15, -0.1) is 0 Å². The number of ether oxygens (including phenoxy) is 1. The van der Waals surface area contributed by atoms with Crippen molar-refractivity contribution in [1.82, 2.24) is 4.37 Å². The molecule has 0 saturated heterocycles. The minimum Gasteiger partial charge on any atom is -0.489 e. The van der Waals surface area contributed by atoms with Crippen molar-refractivity contribution in [1.29, 1.82) is 0 Å². The molecule has 2 aromatic carbocycles. The smallest absolute Gasteiger partial charge is 0.122 e. The van der Waals surface area contributed by atoms with Crippen LogP contribution in [0.2, 0.25) is 0 Å². The third-order valence-corrected chi connectivity index (χ3v) is 6.09. The maximum absolute atomic E-state index is 6.23. The van der Waals surface area contributed by atoms with E-state index in [0.717, 1.165) is 17.9 Å². The molecule has 0 N–H and O–H groups in total. The zero-order valence-electron chi connectivity index (χ0n) is 16.3. The lowest BCUT2D eigenvalue weighted by Crippen LogP contribution is -2.02. The topological polar surface area (TPSA) is 22.1 Å². The van der Waals surface area contributed by atoms with Crippen LogP contribution in [-0.2, 0) is 13.0 Å². The molecular weight excluding hydrogens is 338 g/mol. The van der Waals surface area contributed by atoms with Crippen LogP contribution in [0.3, 0.4) is 0 Å². The van der Waals surface area contributed by atoms with Crippen molar-refractivity contribution >= 4 is 11.5 Å². The summed E-state index contributed by atoms with van der Waals surface area (Å²) in [5, 5.41) is 0. The van der Waals surface area contributed by atoms with Crippen molar-refractivity contribution in [3.8, 4) is 17.0 Å². The molecule has 3 rings (SSSR count). The summed E-state index contributed by atoms with van der Waals surface area (Å²) in [4.78, 5) is 1.31. The van der Waals surface area contributed by atoms with Gasteiger partial charge in [-0.25, -0.2) is 0 Å². The van der Waals surface area contributed by atoms with Gasteiger partial charge in [0.1, 0.15) is 12.4 Å². The third-order valence-electron chi connectivity index (χ3n) is 4.91. The molecule has 0 fully saturated rings. The average molecular weight is 366 g/mol. The van der Waals surface area contributed by atoms with Gasteiger partial charge in [-0.05, 0) is 60.5 Å². The van der Waals surface area contributed by atoms with E-state index < -0.39 is 0 Å². The van der Waals surface area contributed by atoms with Gasteiger partial charge in [0.25, 0.3) is 0 Å². The van der Waals surface area contributed by atoms with Gasteiger partial charge in [-0.3, -0.25) is 0 Å². The molecule has 0 bridgehead atoms. The molecule has 1 aromatic heterocycles. The lowest BCUT2D eigenvalue weighted by molar-refractivity contribution is 0.303. The van der Waals surface area contributed by atoms with E-state index in [0.29, 0.717) is 12.5 Å². The highest BCUT2D eigenvalue weighted by Gasteiger charge is 2.18. The largest absolute Gasteiger partial charge is 0.489 e. The molecule has 0 spiro atoms. The molecule has 3 aromatic rings. The van der Waals surface area contributed by atoms with Crippen molar-refractivity contribution in [2.45, 2.75) is 53.6 Å². The van der Waals surface area contributed by atoms with Gasteiger partial charge >= 0.3 is 0 Å². The normalized spacial score (nSPS) is 11.2.